The second-order valence-electron chi connectivity index (χ2n) is 4.89. The molecule has 3 heteroatoms. The Bertz CT molecular complexity index is 551. The number of anilines is 1. The molecule has 2 aromatic rings. The Labute approximate surface area is 125 Å². The highest BCUT2D eigenvalue weighted by molar-refractivity contribution is 6.31. The van der Waals surface area contributed by atoms with Crippen LogP contribution in [0.1, 0.15) is 30.9 Å². The van der Waals surface area contributed by atoms with E-state index >= 15 is 0 Å². The fourth-order valence-corrected chi connectivity index (χ4v) is 2.17. The Kier molecular flexibility index (Phi) is 5.31. The van der Waals surface area contributed by atoms with Crippen molar-refractivity contribution >= 4 is 17.3 Å². The number of aryl methyl sites for hydroxylation is 1. The number of hydrogen-bond acceptors (Lipinski definition) is 2. The van der Waals surface area contributed by atoms with Crippen LogP contribution in [-0.2, 0) is 13.0 Å². The number of rotatable bonds is 6. The van der Waals surface area contributed by atoms with Crippen LogP contribution >= 0.6 is 11.6 Å². The predicted molar refractivity (Wildman–Crippen MR) is 85.3 cm³/mol. The molecule has 0 amide bonds. The smallest absolute Gasteiger partial charge is 0.119 e. The summed E-state index contributed by atoms with van der Waals surface area (Å²) < 4.78 is 5.75. The Morgan fingerprint density at radius 1 is 1.10 bits per heavy atom. The maximum atomic E-state index is 6.11. The summed E-state index contributed by atoms with van der Waals surface area (Å²) in [5, 5.41) is 0.679. The number of ether oxygens (including phenoxy) is 1. The first-order chi connectivity index (χ1) is 9.69. The van der Waals surface area contributed by atoms with E-state index in [1.165, 1.54) is 18.4 Å². The number of nitrogens with two attached hydrogens (primary N) is 1. The normalized spacial score (nSPS) is 10.5. The van der Waals surface area contributed by atoms with E-state index in [2.05, 4.69) is 19.1 Å². The van der Waals surface area contributed by atoms with Crippen molar-refractivity contribution in [3.8, 4) is 5.75 Å². The zero-order valence-corrected chi connectivity index (χ0v) is 12.5. The molecule has 0 saturated carbocycles. The van der Waals surface area contributed by atoms with Gasteiger partial charge in [-0.25, -0.2) is 0 Å². The molecule has 0 aromatic heterocycles. The van der Waals surface area contributed by atoms with Crippen molar-refractivity contribution in [2.75, 3.05) is 5.73 Å². The van der Waals surface area contributed by atoms with Gasteiger partial charge >= 0.3 is 0 Å². The van der Waals surface area contributed by atoms with Crippen LogP contribution in [0.3, 0.4) is 0 Å². The molecule has 20 heavy (non-hydrogen) atoms. The summed E-state index contributed by atoms with van der Waals surface area (Å²) in [7, 11) is 0. The third-order valence-corrected chi connectivity index (χ3v) is 3.58. The molecule has 2 nitrogen and oxygen atoms in total. The highest BCUT2D eigenvalue weighted by Gasteiger charge is 2.02. The van der Waals surface area contributed by atoms with Crippen LogP contribution in [0.4, 0.5) is 5.69 Å². The average molecular weight is 290 g/mol. The maximum absolute atomic E-state index is 6.11. The summed E-state index contributed by atoms with van der Waals surface area (Å²) in [6.45, 7) is 2.63. The van der Waals surface area contributed by atoms with E-state index in [1.54, 1.807) is 12.1 Å². The Balaban J connectivity index is 1.95. The lowest BCUT2D eigenvalue weighted by Gasteiger charge is -2.09. The van der Waals surface area contributed by atoms with Crippen molar-refractivity contribution in [1.82, 2.24) is 0 Å². The number of halogens is 1. The quantitative estimate of drug-likeness (QED) is 0.772. The van der Waals surface area contributed by atoms with Crippen LogP contribution in [0, 0.1) is 0 Å². The summed E-state index contributed by atoms with van der Waals surface area (Å²) in [6, 6.07) is 13.7. The fourth-order valence-electron chi connectivity index (χ4n) is 2.00. The molecular weight excluding hydrogens is 270 g/mol. The molecule has 0 atom stereocenters. The Morgan fingerprint density at radius 2 is 1.85 bits per heavy atom. The standard InChI is InChI=1S/C17H20ClNO/c1-2-3-4-13-5-8-16(9-6-13)20-12-14-11-15(19)7-10-17(14)18/h5-11H,2-4,12,19H2,1H3. The van der Waals surface area contributed by atoms with Gasteiger partial charge in [-0.1, -0.05) is 37.1 Å². The molecule has 0 heterocycles. The van der Waals surface area contributed by atoms with Crippen molar-refractivity contribution in [1.29, 1.82) is 0 Å². The first kappa shape index (κ1) is 14.7. The van der Waals surface area contributed by atoms with Gasteiger partial charge in [0.2, 0.25) is 0 Å². The minimum Gasteiger partial charge on any atom is -0.489 e. The molecule has 0 aliphatic carbocycles. The minimum atomic E-state index is 0.429. The van der Waals surface area contributed by atoms with Gasteiger partial charge in [-0.05, 0) is 48.7 Å². The zero-order valence-electron chi connectivity index (χ0n) is 11.7. The van der Waals surface area contributed by atoms with Crippen molar-refractivity contribution in [3.63, 3.8) is 0 Å². The van der Waals surface area contributed by atoms with Crippen LogP contribution in [0.2, 0.25) is 5.02 Å². The average Bonchev–Trinajstić information content (AvgIpc) is 2.47. The van der Waals surface area contributed by atoms with Crippen LogP contribution < -0.4 is 10.5 Å². The predicted octanol–water partition coefficient (Wildman–Crippen LogP) is 4.84. The highest BCUT2D eigenvalue weighted by Crippen LogP contribution is 2.21. The Morgan fingerprint density at radius 3 is 2.55 bits per heavy atom. The summed E-state index contributed by atoms with van der Waals surface area (Å²) in [5.74, 6) is 0.851. The van der Waals surface area contributed by atoms with E-state index in [1.807, 2.05) is 18.2 Å². The van der Waals surface area contributed by atoms with Gasteiger partial charge in [0.1, 0.15) is 12.4 Å². The number of unbranched alkanes of at least 4 members (excludes halogenated alkanes) is 1. The molecular formula is C17H20ClNO. The Hall–Kier alpha value is -1.67. The largest absolute Gasteiger partial charge is 0.489 e. The third kappa shape index (κ3) is 4.17. The van der Waals surface area contributed by atoms with Gasteiger partial charge in [0.25, 0.3) is 0 Å². The second-order valence-corrected chi connectivity index (χ2v) is 5.29. The van der Waals surface area contributed by atoms with Gasteiger partial charge in [0, 0.05) is 16.3 Å². The van der Waals surface area contributed by atoms with Crippen LogP contribution in [0.5, 0.6) is 5.75 Å². The van der Waals surface area contributed by atoms with E-state index in [0.29, 0.717) is 17.3 Å². The lowest BCUT2D eigenvalue weighted by atomic mass is 10.1. The number of benzene rings is 2. The van der Waals surface area contributed by atoms with E-state index in [9.17, 15) is 0 Å². The summed E-state index contributed by atoms with van der Waals surface area (Å²) in [4.78, 5) is 0. The molecule has 106 valence electrons. The fraction of sp³-hybridized carbons (Fsp3) is 0.294. The highest BCUT2D eigenvalue weighted by atomic mass is 35.5. The van der Waals surface area contributed by atoms with Gasteiger partial charge in [-0.15, -0.1) is 0 Å². The number of hydrogen-bond donors (Lipinski definition) is 1. The first-order valence-corrected chi connectivity index (χ1v) is 7.32. The van der Waals surface area contributed by atoms with Gasteiger partial charge < -0.3 is 10.5 Å². The maximum Gasteiger partial charge on any atom is 0.119 e. The van der Waals surface area contributed by atoms with Crippen molar-refractivity contribution in [2.24, 2.45) is 0 Å². The molecule has 2 aromatic carbocycles. The minimum absolute atomic E-state index is 0.429. The number of nitrogen functional groups attached to an aromatic ring is 1. The molecule has 2 N–H and O–H groups in total. The van der Waals surface area contributed by atoms with Crippen molar-refractivity contribution in [2.45, 2.75) is 32.8 Å². The van der Waals surface area contributed by atoms with Gasteiger partial charge in [-0.3, -0.25) is 0 Å². The van der Waals surface area contributed by atoms with Crippen molar-refractivity contribution in [3.05, 3.63) is 58.6 Å². The molecule has 0 radical (unpaired) electrons. The molecule has 0 unspecified atom stereocenters. The molecule has 0 bridgehead atoms. The molecule has 0 aliphatic rings. The lowest BCUT2D eigenvalue weighted by Crippen LogP contribution is -1.98. The van der Waals surface area contributed by atoms with Crippen LogP contribution in [-0.4, -0.2) is 0 Å². The van der Waals surface area contributed by atoms with Gasteiger partial charge in [0.15, 0.2) is 0 Å². The second kappa shape index (κ2) is 7.20. The summed E-state index contributed by atoms with van der Waals surface area (Å²) in [5.41, 5.74) is 8.70. The topological polar surface area (TPSA) is 35.2 Å². The summed E-state index contributed by atoms with van der Waals surface area (Å²) >= 11 is 6.11. The first-order valence-electron chi connectivity index (χ1n) is 6.94. The van der Waals surface area contributed by atoms with E-state index < -0.39 is 0 Å². The van der Waals surface area contributed by atoms with Gasteiger partial charge in [0.05, 0.1) is 0 Å². The lowest BCUT2D eigenvalue weighted by molar-refractivity contribution is 0.306. The molecule has 0 saturated heterocycles. The van der Waals surface area contributed by atoms with E-state index in [-0.39, 0.29) is 0 Å². The van der Waals surface area contributed by atoms with Crippen LogP contribution in [0.15, 0.2) is 42.5 Å². The molecule has 2 rings (SSSR count). The summed E-state index contributed by atoms with van der Waals surface area (Å²) in [6.07, 6.45) is 3.56. The molecule has 0 aliphatic heterocycles. The zero-order chi connectivity index (χ0) is 14.4. The van der Waals surface area contributed by atoms with Crippen molar-refractivity contribution < 1.29 is 4.74 Å². The monoisotopic (exact) mass is 289 g/mol. The van der Waals surface area contributed by atoms with E-state index in [0.717, 1.165) is 17.7 Å². The molecule has 0 fully saturated rings. The third-order valence-electron chi connectivity index (χ3n) is 3.21. The van der Waals surface area contributed by atoms with E-state index in [4.69, 9.17) is 22.1 Å². The molecule has 0 spiro atoms. The van der Waals surface area contributed by atoms with Crippen LogP contribution in [0.25, 0.3) is 0 Å². The SMILES string of the molecule is CCCCc1ccc(OCc2cc(N)ccc2Cl)cc1. The van der Waals surface area contributed by atoms with Gasteiger partial charge in [-0.2, -0.15) is 0 Å².